The molecule has 4 heterocycles. The van der Waals surface area contributed by atoms with E-state index in [1.165, 1.54) is 24.5 Å². The molecule has 1 saturated heterocycles. The van der Waals surface area contributed by atoms with Crippen LogP contribution < -0.4 is 5.43 Å². The van der Waals surface area contributed by atoms with E-state index in [4.69, 9.17) is 9.15 Å². The van der Waals surface area contributed by atoms with E-state index in [0.29, 0.717) is 43.7 Å². The fraction of sp³-hybridized carbons (Fsp3) is 0.227. The average molecular weight is 450 g/mol. The molecule has 0 atom stereocenters. The van der Waals surface area contributed by atoms with Crippen molar-refractivity contribution in [3.05, 3.63) is 65.6 Å². The second kappa shape index (κ2) is 8.88. The van der Waals surface area contributed by atoms with Crippen LogP contribution in [-0.4, -0.2) is 62.5 Å². The van der Waals surface area contributed by atoms with Crippen LogP contribution in [0.5, 0.6) is 5.75 Å². The van der Waals surface area contributed by atoms with Crippen molar-refractivity contribution in [1.82, 2.24) is 30.6 Å². The van der Waals surface area contributed by atoms with Crippen molar-refractivity contribution in [2.24, 2.45) is 0 Å². The molecular formula is C22H19FN6O4. The van der Waals surface area contributed by atoms with Crippen LogP contribution in [0, 0.1) is 5.82 Å². The molecule has 0 bridgehead atoms. The van der Waals surface area contributed by atoms with E-state index in [2.05, 4.69) is 25.6 Å². The zero-order valence-electron chi connectivity index (χ0n) is 17.4. The highest BCUT2D eigenvalue weighted by molar-refractivity contribution is 6.07. The van der Waals surface area contributed by atoms with Crippen LogP contribution in [0.2, 0.25) is 0 Å². The number of amides is 1. The minimum absolute atomic E-state index is 0.0106. The van der Waals surface area contributed by atoms with Gasteiger partial charge < -0.3 is 14.3 Å². The number of aromatic hydroxyl groups is 1. The van der Waals surface area contributed by atoms with E-state index in [1.807, 2.05) is 0 Å². The molecule has 1 aromatic carbocycles. The van der Waals surface area contributed by atoms with E-state index < -0.39 is 0 Å². The average Bonchev–Trinajstić information content (AvgIpc) is 3.29. The molecule has 5 rings (SSSR count). The third-order valence-electron chi connectivity index (χ3n) is 5.21. The third-order valence-corrected chi connectivity index (χ3v) is 5.21. The summed E-state index contributed by atoms with van der Waals surface area (Å²) in [6.07, 6.45) is 3.18. The van der Waals surface area contributed by atoms with Crippen LogP contribution in [0.4, 0.5) is 4.39 Å². The van der Waals surface area contributed by atoms with Gasteiger partial charge in [-0.2, -0.15) is 0 Å². The van der Waals surface area contributed by atoms with Crippen LogP contribution in [-0.2, 0) is 11.2 Å². The van der Waals surface area contributed by atoms with Crippen molar-refractivity contribution in [2.75, 3.05) is 26.3 Å². The molecule has 4 aromatic rings. The first kappa shape index (κ1) is 20.9. The highest BCUT2D eigenvalue weighted by Gasteiger charge is 2.22. The van der Waals surface area contributed by atoms with E-state index in [-0.39, 0.29) is 40.5 Å². The number of benzene rings is 1. The van der Waals surface area contributed by atoms with Gasteiger partial charge in [0, 0.05) is 30.9 Å². The van der Waals surface area contributed by atoms with Gasteiger partial charge in [-0.3, -0.25) is 15.2 Å². The number of nitrogens with one attached hydrogen (secondary N) is 1. The van der Waals surface area contributed by atoms with E-state index >= 15 is 0 Å². The van der Waals surface area contributed by atoms with Gasteiger partial charge in [-0.15, -0.1) is 10.2 Å². The number of aromatic nitrogens is 4. The Morgan fingerprint density at radius 2 is 1.91 bits per heavy atom. The van der Waals surface area contributed by atoms with Gasteiger partial charge in [-0.05, 0) is 23.8 Å². The van der Waals surface area contributed by atoms with E-state index in [9.17, 15) is 14.3 Å². The number of hydrogen-bond acceptors (Lipinski definition) is 9. The van der Waals surface area contributed by atoms with Crippen molar-refractivity contribution >= 4 is 16.8 Å². The Balaban J connectivity index is 1.41. The molecule has 3 aromatic heterocycles. The number of fused-ring (bicyclic) bond motifs is 1. The topological polar surface area (TPSA) is 127 Å². The number of nitrogens with zero attached hydrogens (tertiary/aromatic N) is 5. The number of pyridine rings is 2. The summed E-state index contributed by atoms with van der Waals surface area (Å²) in [6, 6.07) is 7.51. The summed E-state index contributed by atoms with van der Waals surface area (Å²) < 4.78 is 24.0. The molecule has 11 heteroatoms. The molecule has 168 valence electrons. The maximum Gasteiger partial charge on any atom is 0.270 e. The number of rotatable bonds is 5. The smallest absolute Gasteiger partial charge is 0.270 e. The summed E-state index contributed by atoms with van der Waals surface area (Å²) in [4.78, 5) is 21.3. The van der Waals surface area contributed by atoms with Crippen molar-refractivity contribution in [3.8, 4) is 17.3 Å². The minimum Gasteiger partial charge on any atom is -0.504 e. The maximum absolute atomic E-state index is 13.1. The number of ether oxygens (including phenoxy) is 1. The first-order valence-corrected chi connectivity index (χ1v) is 10.3. The highest BCUT2D eigenvalue weighted by atomic mass is 19.1. The minimum atomic E-state index is -0.336. The Hall–Kier alpha value is -3.96. The van der Waals surface area contributed by atoms with Crippen molar-refractivity contribution in [1.29, 1.82) is 0 Å². The first-order chi connectivity index (χ1) is 16.1. The summed E-state index contributed by atoms with van der Waals surface area (Å²) in [6.45, 7) is 2.24. The molecule has 1 aliphatic rings. The molecular weight excluding hydrogens is 431 g/mol. The van der Waals surface area contributed by atoms with Gasteiger partial charge >= 0.3 is 0 Å². The first-order valence-electron chi connectivity index (χ1n) is 10.3. The summed E-state index contributed by atoms with van der Waals surface area (Å²) >= 11 is 0. The lowest BCUT2D eigenvalue weighted by Crippen LogP contribution is -2.48. The van der Waals surface area contributed by atoms with Gasteiger partial charge in [0.15, 0.2) is 11.4 Å². The molecule has 10 nitrogen and oxygen atoms in total. The van der Waals surface area contributed by atoms with Gasteiger partial charge in [0.1, 0.15) is 11.3 Å². The van der Waals surface area contributed by atoms with Gasteiger partial charge in [0.05, 0.1) is 25.2 Å². The second-order valence-corrected chi connectivity index (χ2v) is 7.42. The molecule has 0 saturated carbocycles. The van der Waals surface area contributed by atoms with Gasteiger partial charge in [-0.1, -0.05) is 12.1 Å². The fourth-order valence-corrected chi connectivity index (χ4v) is 3.53. The maximum atomic E-state index is 13.1. The number of halogens is 1. The normalized spacial score (nSPS) is 14.5. The van der Waals surface area contributed by atoms with Crippen LogP contribution in [0.3, 0.4) is 0 Å². The lowest BCUT2D eigenvalue weighted by molar-refractivity contribution is 0.0127. The SMILES string of the molecule is O=C(NN1CCOCC1)c1ccnc2c(O)c(-c3nnc(Cc4ccc(F)cc4)o3)ncc12. The van der Waals surface area contributed by atoms with Crippen LogP contribution in [0.1, 0.15) is 21.8 Å². The predicted octanol–water partition coefficient (Wildman–Crippen LogP) is 2.09. The summed E-state index contributed by atoms with van der Waals surface area (Å²) in [5.41, 5.74) is 4.19. The van der Waals surface area contributed by atoms with E-state index in [1.54, 1.807) is 23.2 Å². The van der Waals surface area contributed by atoms with Gasteiger partial charge in [0.25, 0.3) is 11.8 Å². The Morgan fingerprint density at radius 1 is 1.12 bits per heavy atom. The molecule has 0 unspecified atom stereocenters. The number of morpholine rings is 1. The lowest BCUT2D eigenvalue weighted by Gasteiger charge is -2.27. The van der Waals surface area contributed by atoms with Crippen LogP contribution in [0.15, 0.2) is 47.1 Å². The monoisotopic (exact) mass is 450 g/mol. The molecule has 0 aliphatic carbocycles. The Kier molecular flexibility index (Phi) is 5.63. The second-order valence-electron chi connectivity index (χ2n) is 7.42. The number of carbonyl (C=O) groups is 1. The molecule has 0 spiro atoms. The molecule has 1 amide bonds. The van der Waals surface area contributed by atoms with Crippen molar-refractivity contribution < 1.29 is 23.4 Å². The highest BCUT2D eigenvalue weighted by Crippen LogP contribution is 2.33. The standard InChI is InChI=1S/C22H19FN6O4/c23-14-3-1-13(2-4-14)11-17-26-27-22(33-17)19-20(30)18-16(12-25-19)15(5-6-24-18)21(31)28-29-7-9-32-10-8-29/h1-6,12,30H,7-11H2,(H,28,31). The summed E-state index contributed by atoms with van der Waals surface area (Å²) in [7, 11) is 0. The molecule has 33 heavy (non-hydrogen) atoms. The summed E-state index contributed by atoms with van der Waals surface area (Å²) in [5, 5.41) is 20.9. The molecule has 1 aliphatic heterocycles. The third kappa shape index (κ3) is 4.36. The molecule has 0 radical (unpaired) electrons. The predicted molar refractivity (Wildman–Crippen MR) is 114 cm³/mol. The number of carbonyl (C=O) groups excluding carboxylic acids is 1. The largest absolute Gasteiger partial charge is 0.504 e. The van der Waals surface area contributed by atoms with E-state index in [0.717, 1.165) is 5.56 Å². The summed E-state index contributed by atoms with van der Waals surface area (Å²) in [5.74, 6) is -0.648. The van der Waals surface area contributed by atoms with Crippen LogP contribution in [0.25, 0.3) is 22.5 Å². The van der Waals surface area contributed by atoms with Crippen LogP contribution >= 0.6 is 0 Å². The van der Waals surface area contributed by atoms with Gasteiger partial charge in [0.2, 0.25) is 5.89 Å². The Bertz CT molecular complexity index is 1300. The number of hydrogen-bond donors (Lipinski definition) is 2. The van der Waals surface area contributed by atoms with Gasteiger partial charge in [-0.25, -0.2) is 14.4 Å². The van der Waals surface area contributed by atoms with Crippen molar-refractivity contribution in [3.63, 3.8) is 0 Å². The zero-order valence-corrected chi connectivity index (χ0v) is 17.4. The lowest BCUT2D eigenvalue weighted by atomic mass is 10.1. The fourth-order valence-electron chi connectivity index (χ4n) is 3.53. The van der Waals surface area contributed by atoms with Crippen molar-refractivity contribution in [2.45, 2.75) is 6.42 Å². The molecule has 1 fully saturated rings. The number of hydrazine groups is 1. The molecule has 2 N–H and O–H groups in total. The quantitative estimate of drug-likeness (QED) is 0.470. The zero-order chi connectivity index (χ0) is 22.8. The Labute approximate surface area is 187 Å². The Morgan fingerprint density at radius 3 is 2.70 bits per heavy atom.